The minimum absolute atomic E-state index is 0.108. The SMILES string of the molecule is CCCCCCCCCCCCCCCCCCCCCCC(=O)O[C@H](COC(=O)CCCCCCCCCCCCCCCCCCCC)COP(=O)(O)OC[C@@H](O)COP(=O)(O)OC[C@@H](COC(=O)CCCCCCCCCCC(C)C)OC(=O)CCCCCCCCCCCCCCC. The molecule has 0 aliphatic rings. The summed E-state index contributed by atoms with van der Waals surface area (Å²) in [6.45, 7) is 7.31. The summed E-state index contributed by atoms with van der Waals surface area (Å²) in [6, 6.07) is 0. The molecule has 0 bridgehead atoms. The van der Waals surface area contributed by atoms with Gasteiger partial charge < -0.3 is 33.8 Å². The van der Waals surface area contributed by atoms with Gasteiger partial charge in [0, 0.05) is 25.7 Å². The van der Waals surface area contributed by atoms with Gasteiger partial charge in [0.1, 0.15) is 19.3 Å². The third-order valence-electron chi connectivity index (χ3n) is 19.5. The predicted molar refractivity (Wildman–Crippen MR) is 418 cm³/mol. The van der Waals surface area contributed by atoms with E-state index in [-0.39, 0.29) is 25.7 Å². The summed E-state index contributed by atoms with van der Waals surface area (Å²) in [5.41, 5.74) is 0. The largest absolute Gasteiger partial charge is 0.472 e. The highest BCUT2D eigenvalue weighted by Crippen LogP contribution is 2.45. The number of aliphatic hydroxyl groups is 1. The van der Waals surface area contributed by atoms with Gasteiger partial charge in [-0.25, -0.2) is 9.13 Å². The van der Waals surface area contributed by atoms with Gasteiger partial charge in [0.25, 0.3) is 0 Å². The zero-order valence-corrected chi connectivity index (χ0v) is 68.5. The fourth-order valence-electron chi connectivity index (χ4n) is 12.9. The summed E-state index contributed by atoms with van der Waals surface area (Å²) in [5, 5.41) is 10.7. The fraction of sp³-hybridized carbons (Fsp3) is 0.952. The molecule has 19 heteroatoms. The molecule has 0 aliphatic carbocycles. The number of phosphoric acid groups is 2. The van der Waals surface area contributed by atoms with E-state index in [0.717, 1.165) is 95.8 Å². The Morgan fingerprint density at radius 2 is 0.451 bits per heavy atom. The first kappa shape index (κ1) is 100. The standard InChI is InChI=1S/C83H162O17P2/c1-6-9-12-15-18-21-24-27-29-31-33-34-36-38-41-44-47-54-59-64-69-83(88)99-78(72-93-80(85)66-61-56-51-45-42-40-37-35-32-30-28-25-22-19-16-13-10-7-2)74-97-101(89,90)95-70-77(84)71-96-102(91,92)98-75-79(73-94-81(86)67-62-57-52-49-48-50-55-60-65-76(4)5)100-82(87)68-63-58-53-46-43-39-26-23-20-17-14-11-8-3/h76-79,84H,6-75H2,1-5H3,(H,89,90)(H,91,92)/t77-,78-,79-/m1/s1. The molecule has 5 atom stereocenters. The number of hydrogen-bond acceptors (Lipinski definition) is 15. The third kappa shape index (κ3) is 76.3. The highest BCUT2D eigenvalue weighted by atomic mass is 31.2. The molecule has 0 amide bonds. The van der Waals surface area contributed by atoms with Crippen molar-refractivity contribution in [1.29, 1.82) is 0 Å². The second-order valence-corrected chi connectivity index (χ2v) is 33.3. The fourth-order valence-corrected chi connectivity index (χ4v) is 14.5. The number of phosphoric ester groups is 2. The Balaban J connectivity index is 5.23. The highest BCUT2D eigenvalue weighted by Gasteiger charge is 2.30. The lowest BCUT2D eigenvalue weighted by molar-refractivity contribution is -0.161. The molecule has 0 aliphatic heterocycles. The molecule has 0 aromatic rings. The van der Waals surface area contributed by atoms with Crippen LogP contribution in [0.3, 0.4) is 0 Å². The lowest BCUT2D eigenvalue weighted by Gasteiger charge is -2.21. The molecule has 102 heavy (non-hydrogen) atoms. The van der Waals surface area contributed by atoms with E-state index in [9.17, 15) is 43.2 Å². The van der Waals surface area contributed by atoms with Gasteiger partial charge in [-0.3, -0.25) is 37.3 Å². The molecule has 0 heterocycles. The van der Waals surface area contributed by atoms with Crippen molar-refractivity contribution in [3.63, 3.8) is 0 Å². The van der Waals surface area contributed by atoms with E-state index in [0.29, 0.717) is 25.7 Å². The van der Waals surface area contributed by atoms with E-state index in [2.05, 4.69) is 34.6 Å². The number of unbranched alkanes of at least 4 members (excludes halogenated alkanes) is 55. The number of esters is 4. The zero-order valence-electron chi connectivity index (χ0n) is 66.8. The minimum atomic E-state index is -4.96. The van der Waals surface area contributed by atoms with Crippen LogP contribution in [0.5, 0.6) is 0 Å². The lowest BCUT2D eigenvalue weighted by Crippen LogP contribution is -2.30. The average molecular weight is 1490 g/mol. The molecule has 0 fully saturated rings. The number of hydrogen-bond donors (Lipinski definition) is 3. The topological polar surface area (TPSA) is 237 Å². The number of carbonyl (C=O) groups is 4. The van der Waals surface area contributed by atoms with Crippen LogP contribution >= 0.6 is 15.6 Å². The molecule has 0 saturated heterocycles. The smallest absolute Gasteiger partial charge is 0.462 e. The Bertz CT molecular complexity index is 1940. The first-order valence-electron chi connectivity index (χ1n) is 43.1. The Morgan fingerprint density at radius 3 is 0.667 bits per heavy atom. The van der Waals surface area contributed by atoms with Gasteiger partial charge in [-0.1, -0.05) is 394 Å². The van der Waals surface area contributed by atoms with E-state index in [1.165, 1.54) is 270 Å². The maximum absolute atomic E-state index is 13.1. The van der Waals surface area contributed by atoms with Crippen molar-refractivity contribution < 1.29 is 80.2 Å². The van der Waals surface area contributed by atoms with E-state index in [1.54, 1.807) is 0 Å². The van der Waals surface area contributed by atoms with Gasteiger partial charge in [-0.15, -0.1) is 0 Å². The maximum atomic E-state index is 13.1. The van der Waals surface area contributed by atoms with Gasteiger partial charge in [-0.05, 0) is 31.6 Å². The number of carbonyl (C=O) groups excluding carboxylic acids is 4. The highest BCUT2D eigenvalue weighted by molar-refractivity contribution is 7.47. The molecule has 0 saturated carbocycles. The van der Waals surface area contributed by atoms with E-state index < -0.39 is 97.5 Å². The van der Waals surface area contributed by atoms with Gasteiger partial charge in [0.2, 0.25) is 0 Å². The second kappa shape index (κ2) is 75.9. The molecular formula is C83H162O17P2. The van der Waals surface area contributed by atoms with Gasteiger partial charge >= 0.3 is 39.5 Å². The monoisotopic (exact) mass is 1490 g/mol. The summed E-state index contributed by atoms with van der Waals surface area (Å²) < 4.78 is 68.8. The molecule has 0 rings (SSSR count). The van der Waals surface area contributed by atoms with Crippen LogP contribution < -0.4 is 0 Å². The first-order valence-corrected chi connectivity index (χ1v) is 46.1. The summed E-state index contributed by atoms with van der Waals surface area (Å²) in [6.07, 6.45) is 68.1. The molecule has 0 aromatic carbocycles. The van der Waals surface area contributed by atoms with Gasteiger partial charge in [0.05, 0.1) is 26.4 Å². The summed E-state index contributed by atoms with van der Waals surface area (Å²) >= 11 is 0. The van der Waals surface area contributed by atoms with Crippen molar-refractivity contribution in [3.8, 4) is 0 Å². The van der Waals surface area contributed by atoms with Crippen molar-refractivity contribution in [2.24, 2.45) is 5.92 Å². The number of ether oxygens (including phenoxy) is 4. The van der Waals surface area contributed by atoms with Crippen LogP contribution in [0, 0.1) is 5.92 Å². The molecular weight excluding hydrogens is 1330 g/mol. The number of aliphatic hydroxyl groups excluding tert-OH is 1. The lowest BCUT2D eigenvalue weighted by atomic mass is 10.0. The Hall–Kier alpha value is -1.94. The number of rotatable bonds is 83. The Kier molecular flexibility index (Phi) is 74.4. The van der Waals surface area contributed by atoms with Gasteiger partial charge in [-0.2, -0.15) is 0 Å². The van der Waals surface area contributed by atoms with Crippen molar-refractivity contribution in [2.45, 2.75) is 464 Å². The van der Waals surface area contributed by atoms with E-state index in [4.69, 9.17) is 37.0 Å². The summed E-state index contributed by atoms with van der Waals surface area (Å²) in [4.78, 5) is 73.1. The Morgan fingerprint density at radius 1 is 0.265 bits per heavy atom. The van der Waals surface area contributed by atoms with Crippen molar-refractivity contribution >= 4 is 39.5 Å². The van der Waals surface area contributed by atoms with Crippen LogP contribution in [0.15, 0.2) is 0 Å². The quantitative estimate of drug-likeness (QED) is 0.0222. The molecule has 3 N–H and O–H groups in total. The van der Waals surface area contributed by atoms with Crippen LogP contribution in [0.2, 0.25) is 0 Å². The van der Waals surface area contributed by atoms with Gasteiger partial charge in [0.15, 0.2) is 12.2 Å². The van der Waals surface area contributed by atoms with Crippen molar-refractivity contribution in [1.82, 2.24) is 0 Å². The van der Waals surface area contributed by atoms with Crippen LogP contribution in [-0.2, 0) is 65.4 Å². The first-order chi connectivity index (χ1) is 49.5. The van der Waals surface area contributed by atoms with Crippen LogP contribution in [0.4, 0.5) is 0 Å². The third-order valence-corrected chi connectivity index (χ3v) is 21.4. The van der Waals surface area contributed by atoms with Crippen molar-refractivity contribution in [3.05, 3.63) is 0 Å². The predicted octanol–water partition coefficient (Wildman–Crippen LogP) is 25.2. The normalized spacial score (nSPS) is 13.8. The molecule has 0 radical (unpaired) electrons. The molecule has 2 unspecified atom stereocenters. The average Bonchev–Trinajstić information content (AvgIpc) is 0.918. The summed E-state index contributed by atoms with van der Waals surface area (Å²) in [7, 11) is -9.92. The second-order valence-electron chi connectivity index (χ2n) is 30.3. The Labute approximate surface area is 626 Å². The van der Waals surface area contributed by atoms with E-state index >= 15 is 0 Å². The molecule has 17 nitrogen and oxygen atoms in total. The van der Waals surface area contributed by atoms with Crippen LogP contribution in [0.25, 0.3) is 0 Å². The van der Waals surface area contributed by atoms with Crippen LogP contribution in [-0.4, -0.2) is 96.7 Å². The maximum Gasteiger partial charge on any atom is 0.472 e. The van der Waals surface area contributed by atoms with E-state index in [1.807, 2.05) is 0 Å². The zero-order chi connectivity index (χ0) is 74.8. The molecule has 0 spiro atoms. The molecule has 0 aromatic heterocycles. The minimum Gasteiger partial charge on any atom is -0.462 e. The summed E-state index contributed by atoms with van der Waals surface area (Å²) in [5.74, 6) is -1.38. The van der Waals surface area contributed by atoms with Crippen molar-refractivity contribution in [2.75, 3.05) is 39.6 Å². The van der Waals surface area contributed by atoms with Crippen LogP contribution in [0.1, 0.15) is 446 Å². The molecule has 606 valence electrons.